The number of nitrogens with zero attached hydrogens (tertiary/aromatic N) is 1. The summed E-state index contributed by atoms with van der Waals surface area (Å²) in [6.45, 7) is 3.31. The van der Waals surface area contributed by atoms with Crippen molar-refractivity contribution in [3.05, 3.63) is 16.6 Å². The van der Waals surface area contributed by atoms with Gasteiger partial charge in [-0.05, 0) is 18.8 Å². The van der Waals surface area contributed by atoms with Gasteiger partial charge in [0.05, 0.1) is 5.51 Å². The van der Waals surface area contributed by atoms with E-state index in [0.717, 1.165) is 18.5 Å². The highest BCUT2D eigenvalue weighted by Crippen LogP contribution is 2.26. The summed E-state index contributed by atoms with van der Waals surface area (Å²) in [7, 11) is 0. The van der Waals surface area contributed by atoms with Gasteiger partial charge in [-0.15, -0.1) is 11.3 Å². The van der Waals surface area contributed by atoms with E-state index < -0.39 is 0 Å². The molecule has 12 heavy (non-hydrogen) atoms. The largest absolute Gasteiger partial charge is 0.309 e. The minimum absolute atomic E-state index is 0.766. The molecule has 1 aromatic heterocycles. The van der Waals surface area contributed by atoms with Gasteiger partial charge in [0, 0.05) is 23.7 Å². The van der Waals surface area contributed by atoms with E-state index in [2.05, 4.69) is 17.2 Å². The highest BCUT2D eigenvalue weighted by Gasteiger charge is 2.24. The minimum Gasteiger partial charge on any atom is -0.309 e. The lowest BCUT2D eigenvalue weighted by atomic mass is 9.82. The highest BCUT2D eigenvalue weighted by molar-refractivity contribution is 7.09. The smallest absolute Gasteiger partial charge is 0.0794 e. The van der Waals surface area contributed by atoms with E-state index in [0.29, 0.717) is 0 Å². The lowest BCUT2D eigenvalue weighted by Crippen LogP contribution is -2.39. The molecule has 0 bridgehead atoms. The van der Waals surface area contributed by atoms with Gasteiger partial charge in [0.25, 0.3) is 0 Å². The first kappa shape index (κ1) is 8.20. The molecular weight excluding hydrogens is 168 g/mol. The average molecular weight is 182 g/mol. The molecule has 2 nitrogen and oxygen atoms in total. The van der Waals surface area contributed by atoms with E-state index in [1.54, 1.807) is 11.3 Å². The van der Waals surface area contributed by atoms with Crippen LogP contribution in [0.1, 0.15) is 24.6 Å². The van der Waals surface area contributed by atoms with E-state index in [4.69, 9.17) is 0 Å². The molecule has 1 saturated carbocycles. The van der Waals surface area contributed by atoms with Crippen LogP contribution in [0.2, 0.25) is 0 Å². The van der Waals surface area contributed by atoms with E-state index in [9.17, 15) is 0 Å². The van der Waals surface area contributed by atoms with Crippen LogP contribution in [0.5, 0.6) is 0 Å². The molecule has 66 valence electrons. The summed E-state index contributed by atoms with van der Waals surface area (Å²) in [4.78, 5) is 5.38. The molecule has 1 aliphatic rings. The molecule has 1 aliphatic carbocycles. The Bertz CT molecular complexity index is 227. The number of hydrogen-bond donors (Lipinski definition) is 1. The summed E-state index contributed by atoms with van der Waals surface area (Å²) in [5, 5.41) is 3.52. The summed E-state index contributed by atoms with van der Waals surface area (Å²) in [6.07, 6.45) is 4.64. The average Bonchev–Trinajstić information content (AvgIpc) is 2.47. The number of rotatable bonds is 3. The zero-order chi connectivity index (χ0) is 8.39. The van der Waals surface area contributed by atoms with Crippen LogP contribution in [0.4, 0.5) is 0 Å². The van der Waals surface area contributed by atoms with Crippen molar-refractivity contribution in [1.29, 1.82) is 0 Å². The second kappa shape index (κ2) is 3.54. The van der Waals surface area contributed by atoms with Crippen LogP contribution in [0.25, 0.3) is 0 Å². The van der Waals surface area contributed by atoms with Crippen molar-refractivity contribution in [1.82, 2.24) is 10.3 Å². The Morgan fingerprint density at radius 3 is 3.08 bits per heavy atom. The Morgan fingerprint density at radius 2 is 2.50 bits per heavy atom. The normalized spacial score (nSPS) is 28.4. The van der Waals surface area contributed by atoms with Gasteiger partial charge in [0.1, 0.15) is 0 Å². The van der Waals surface area contributed by atoms with Crippen molar-refractivity contribution in [3.8, 4) is 0 Å². The fraction of sp³-hybridized carbons (Fsp3) is 0.667. The van der Waals surface area contributed by atoms with Crippen LogP contribution in [-0.4, -0.2) is 11.0 Å². The maximum absolute atomic E-state index is 4.04. The van der Waals surface area contributed by atoms with Crippen LogP contribution in [0.15, 0.2) is 11.7 Å². The zero-order valence-corrected chi connectivity index (χ0v) is 8.10. The molecule has 0 amide bonds. The van der Waals surface area contributed by atoms with E-state index in [1.165, 1.54) is 17.7 Å². The van der Waals surface area contributed by atoms with Crippen LogP contribution < -0.4 is 5.32 Å². The molecule has 0 aromatic carbocycles. The maximum Gasteiger partial charge on any atom is 0.0794 e. The monoisotopic (exact) mass is 182 g/mol. The quantitative estimate of drug-likeness (QED) is 0.773. The minimum atomic E-state index is 0.766. The van der Waals surface area contributed by atoms with Gasteiger partial charge < -0.3 is 5.32 Å². The molecule has 2 rings (SSSR count). The number of aromatic nitrogens is 1. The lowest BCUT2D eigenvalue weighted by molar-refractivity contribution is 0.241. The maximum atomic E-state index is 4.04. The van der Waals surface area contributed by atoms with Crippen molar-refractivity contribution in [2.45, 2.75) is 32.4 Å². The number of nitrogens with one attached hydrogen (secondary N) is 1. The zero-order valence-electron chi connectivity index (χ0n) is 7.29. The van der Waals surface area contributed by atoms with Gasteiger partial charge in [-0.2, -0.15) is 0 Å². The van der Waals surface area contributed by atoms with Gasteiger partial charge in [0.2, 0.25) is 0 Å². The standard InChI is InChI=1S/C9H14N2S/c1-7-2-8(3-7)11-5-9-4-10-6-12-9/h4,6-8,11H,2-3,5H2,1H3. The van der Waals surface area contributed by atoms with E-state index in [1.807, 2.05) is 11.7 Å². The van der Waals surface area contributed by atoms with Crippen molar-refractivity contribution in [3.63, 3.8) is 0 Å². The van der Waals surface area contributed by atoms with Crippen molar-refractivity contribution >= 4 is 11.3 Å². The molecule has 1 aromatic rings. The van der Waals surface area contributed by atoms with Gasteiger partial charge >= 0.3 is 0 Å². The second-order valence-corrected chi connectivity index (χ2v) is 4.59. The van der Waals surface area contributed by atoms with Crippen LogP contribution in [0.3, 0.4) is 0 Å². The molecule has 1 N–H and O–H groups in total. The fourth-order valence-corrected chi connectivity index (χ4v) is 2.19. The molecule has 0 radical (unpaired) electrons. The predicted octanol–water partition coefficient (Wildman–Crippen LogP) is 2.03. The molecule has 0 spiro atoms. The summed E-state index contributed by atoms with van der Waals surface area (Å²) in [5.41, 5.74) is 1.89. The van der Waals surface area contributed by atoms with Gasteiger partial charge in [-0.1, -0.05) is 6.92 Å². The predicted molar refractivity (Wildman–Crippen MR) is 51.1 cm³/mol. The first-order chi connectivity index (χ1) is 5.84. The summed E-state index contributed by atoms with van der Waals surface area (Å²) >= 11 is 1.73. The van der Waals surface area contributed by atoms with Gasteiger partial charge in [0.15, 0.2) is 0 Å². The highest BCUT2D eigenvalue weighted by atomic mass is 32.1. The third-order valence-corrected chi connectivity index (χ3v) is 3.20. The van der Waals surface area contributed by atoms with Crippen LogP contribution in [-0.2, 0) is 6.54 Å². The third kappa shape index (κ3) is 1.84. The number of hydrogen-bond acceptors (Lipinski definition) is 3. The van der Waals surface area contributed by atoms with Crippen LogP contribution in [0, 0.1) is 5.92 Å². The summed E-state index contributed by atoms with van der Waals surface area (Å²) < 4.78 is 0. The molecule has 1 fully saturated rings. The SMILES string of the molecule is CC1CC(NCc2cncs2)C1. The van der Waals surface area contributed by atoms with Gasteiger partial charge in [-0.25, -0.2) is 0 Å². The third-order valence-electron chi connectivity index (χ3n) is 2.42. The van der Waals surface area contributed by atoms with E-state index in [-0.39, 0.29) is 0 Å². The van der Waals surface area contributed by atoms with Crippen molar-refractivity contribution in [2.75, 3.05) is 0 Å². The van der Waals surface area contributed by atoms with Crippen molar-refractivity contribution < 1.29 is 0 Å². The Kier molecular flexibility index (Phi) is 2.42. The summed E-state index contributed by atoms with van der Waals surface area (Å²) in [5.74, 6) is 0.934. The molecular formula is C9H14N2S. The Morgan fingerprint density at radius 1 is 1.67 bits per heavy atom. The summed E-state index contributed by atoms with van der Waals surface area (Å²) in [6, 6.07) is 0.766. The molecule has 3 heteroatoms. The molecule has 0 saturated heterocycles. The van der Waals surface area contributed by atoms with Crippen molar-refractivity contribution in [2.24, 2.45) is 5.92 Å². The Labute approximate surface area is 77.0 Å². The first-order valence-electron chi connectivity index (χ1n) is 4.45. The van der Waals surface area contributed by atoms with E-state index >= 15 is 0 Å². The molecule has 0 unspecified atom stereocenters. The molecule has 0 atom stereocenters. The van der Waals surface area contributed by atoms with Gasteiger partial charge in [-0.3, -0.25) is 4.98 Å². The lowest BCUT2D eigenvalue weighted by Gasteiger charge is -2.33. The first-order valence-corrected chi connectivity index (χ1v) is 5.33. The van der Waals surface area contributed by atoms with Crippen LogP contribution >= 0.6 is 11.3 Å². The number of thiazole rings is 1. The second-order valence-electron chi connectivity index (χ2n) is 3.62. The molecule has 0 aliphatic heterocycles. The Hall–Kier alpha value is -0.410. The fourth-order valence-electron chi connectivity index (χ4n) is 1.64. The molecule has 1 heterocycles. The topological polar surface area (TPSA) is 24.9 Å². The Balaban J connectivity index is 1.70.